The molecule has 1 fully saturated rings. The lowest BCUT2D eigenvalue weighted by atomic mass is 9.66. The second-order valence-corrected chi connectivity index (χ2v) is 12.2. The standard InChI is InChI=1S/C32H33ClF2N4O5/c1-37-18-36-24(27(37)28(34)35)15-44-25-10-9-23(33)21-11-13-38(31(43)22-8-4-5-12-32(22,16-40)17-41)29(26(21)25)39-14-19-6-2-3-7-20(19)30(39)42/h2-3,6-7,9-10,16,18,22,28-29,41H,4-5,8,11-15,17H2,1H3/t22-,29?,32-/m0/s1. The molecule has 0 bridgehead atoms. The van der Waals surface area contributed by atoms with Gasteiger partial charge in [-0.25, -0.2) is 13.8 Å². The van der Waals surface area contributed by atoms with Crippen LogP contribution in [0.4, 0.5) is 8.78 Å². The highest BCUT2D eigenvalue weighted by Crippen LogP contribution is 2.48. The van der Waals surface area contributed by atoms with Gasteiger partial charge in [-0.2, -0.15) is 0 Å². The second-order valence-electron chi connectivity index (χ2n) is 11.8. The number of ether oxygens (including phenoxy) is 1. The molecule has 1 aromatic heterocycles. The quantitative estimate of drug-likeness (QED) is 0.353. The molecule has 0 saturated heterocycles. The van der Waals surface area contributed by atoms with Gasteiger partial charge in [0.05, 0.1) is 24.3 Å². The van der Waals surface area contributed by atoms with Gasteiger partial charge in [-0.15, -0.1) is 0 Å². The van der Waals surface area contributed by atoms with Crippen LogP contribution in [-0.2, 0) is 36.2 Å². The zero-order valence-electron chi connectivity index (χ0n) is 24.2. The number of aromatic nitrogens is 2. The van der Waals surface area contributed by atoms with Crippen LogP contribution in [-0.4, -0.2) is 55.7 Å². The van der Waals surface area contributed by atoms with Crippen LogP contribution in [0.5, 0.6) is 5.75 Å². The summed E-state index contributed by atoms with van der Waals surface area (Å²) in [5.41, 5.74) is 1.08. The molecule has 0 spiro atoms. The number of amides is 2. The summed E-state index contributed by atoms with van der Waals surface area (Å²) in [4.78, 5) is 48.0. The number of halogens is 3. The van der Waals surface area contributed by atoms with E-state index in [0.29, 0.717) is 47.3 Å². The maximum absolute atomic E-state index is 14.5. The Morgan fingerprint density at radius 3 is 2.77 bits per heavy atom. The van der Waals surface area contributed by atoms with E-state index in [0.717, 1.165) is 18.4 Å². The van der Waals surface area contributed by atoms with E-state index in [9.17, 15) is 28.3 Å². The number of fused-ring (bicyclic) bond motifs is 2. The molecule has 3 aliphatic rings. The molecule has 2 amide bonds. The van der Waals surface area contributed by atoms with Crippen LogP contribution in [0.25, 0.3) is 0 Å². The summed E-state index contributed by atoms with van der Waals surface area (Å²) in [5, 5.41) is 10.7. The van der Waals surface area contributed by atoms with E-state index in [-0.39, 0.29) is 48.6 Å². The third-order valence-corrected chi connectivity index (χ3v) is 9.74. The van der Waals surface area contributed by atoms with E-state index in [1.807, 2.05) is 12.1 Å². The minimum atomic E-state index is -2.76. The fourth-order valence-electron chi connectivity index (χ4n) is 7.05. The number of nitrogens with zero attached hydrogens (tertiary/aromatic N) is 4. The van der Waals surface area contributed by atoms with E-state index < -0.39 is 30.5 Å². The number of hydrogen-bond acceptors (Lipinski definition) is 6. The summed E-state index contributed by atoms with van der Waals surface area (Å²) < 4.78 is 35.0. The van der Waals surface area contributed by atoms with Gasteiger partial charge in [0.15, 0.2) is 0 Å². The molecule has 3 aromatic rings. The monoisotopic (exact) mass is 626 g/mol. The highest BCUT2D eigenvalue weighted by molar-refractivity contribution is 6.31. The van der Waals surface area contributed by atoms with Gasteiger partial charge in [-0.1, -0.05) is 42.6 Å². The highest BCUT2D eigenvalue weighted by Gasteiger charge is 2.50. The van der Waals surface area contributed by atoms with E-state index >= 15 is 0 Å². The molecule has 1 saturated carbocycles. The Morgan fingerprint density at radius 1 is 1.25 bits per heavy atom. The van der Waals surface area contributed by atoms with Crippen molar-refractivity contribution < 1.29 is 33.0 Å². The van der Waals surface area contributed by atoms with Gasteiger partial charge in [0.2, 0.25) is 5.91 Å². The first-order valence-electron chi connectivity index (χ1n) is 14.7. The largest absolute Gasteiger partial charge is 0.487 e. The van der Waals surface area contributed by atoms with Crippen LogP contribution in [0.3, 0.4) is 0 Å². The average molecular weight is 627 g/mol. The summed E-state index contributed by atoms with van der Waals surface area (Å²) in [6, 6.07) is 10.5. The summed E-state index contributed by atoms with van der Waals surface area (Å²) >= 11 is 6.71. The number of aldehydes is 1. The summed E-state index contributed by atoms with van der Waals surface area (Å²) in [6.45, 7) is -0.293. The number of rotatable bonds is 8. The minimum absolute atomic E-state index is 0.0667. The molecule has 12 heteroatoms. The van der Waals surface area contributed by atoms with Crippen LogP contribution in [0.15, 0.2) is 42.7 Å². The third-order valence-electron chi connectivity index (χ3n) is 9.38. The number of carbonyl (C=O) groups excluding carboxylic acids is 3. The van der Waals surface area contributed by atoms with Crippen molar-refractivity contribution in [1.29, 1.82) is 0 Å². The molecule has 2 aliphatic heterocycles. The van der Waals surface area contributed by atoms with Crippen molar-refractivity contribution in [2.45, 2.75) is 57.8 Å². The lowest BCUT2D eigenvalue weighted by Crippen LogP contribution is -2.54. The van der Waals surface area contributed by atoms with Crippen molar-refractivity contribution in [3.05, 3.63) is 81.4 Å². The summed E-state index contributed by atoms with van der Waals surface area (Å²) in [7, 11) is 1.48. The van der Waals surface area contributed by atoms with Gasteiger partial charge in [0.1, 0.15) is 36.2 Å². The second kappa shape index (κ2) is 11.9. The first kappa shape index (κ1) is 30.2. The Balaban J connectivity index is 1.45. The van der Waals surface area contributed by atoms with E-state index in [1.165, 1.54) is 17.9 Å². The summed E-state index contributed by atoms with van der Waals surface area (Å²) in [6.07, 6.45) is 0.894. The maximum atomic E-state index is 14.5. The fourth-order valence-corrected chi connectivity index (χ4v) is 7.31. The van der Waals surface area contributed by atoms with Gasteiger partial charge in [0.25, 0.3) is 12.3 Å². The third kappa shape index (κ3) is 4.95. The van der Waals surface area contributed by atoms with E-state index in [2.05, 4.69) is 4.98 Å². The molecular formula is C32H33ClF2N4O5. The average Bonchev–Trinajstić information content (AvgIpc) is 3.58. The number of aryl methyl sites for hydroxylation is 1. The number of aliphatic hydroxyl groups is 1. The van der Waals surface area contributed by atoms with Crippen LogP contribution >= 0.6 is 11.6 Å². The number of alkyl halides is 2. The van der Waals surface area contributed by atoms with Gasteiger partial charge < -0.3 is 29.0 Å². The van der Waals surface area contributed by atoms with Crippen molar-refractivity contribution in [2.75, 3.05) is 13.2 Å². The predicted molar refractivity (Wildman–Crippen MR) is 156 cm³/mol. The molecule has 232 valence electrons. The number of carbonyl (C=O) groups is 3. The molecule has 1 N–H and O–H groups in total. The topological polar surface area (TPSA) is 105 Å². The number of imidazole rings is 1. The van der Waals surface area contributed by atoms with Crippen LogP contribution < -0.4 is 4.74 Å². The lowest BCUT2D eigenvalue weighted by molar-refractivity contribution is -0.154. The smallest absolute Gasteiger partial charge is 0.280 e. The van der Waals surface area contributed by atoms with Crippen LogP contribution in [0.1, 0.15) is 76.7 Å². The Kier molecular flexibility index (Phi) is 8.19. The Hall–Kier alpha value is -3.83. The highest BCUT2D eigenvalue weighted by atomic mass is 35.5. The molecule has 0 radical (unpaired) electrons. The summed E-state index contributed by atoms with van der Waals surface area (Å²) in [5.74, 6) is -1.09. The van der Waals surface area contributed by atoms with Gasteiger partial charge in [-0.05, 0) is 48.6 Å². The van der Waals surface area contributed by atoms with E-state index in [4.69, 9.17) is 16.3 Å². The Bertz CT molecular complexity index is 1610. The molecule has 1 aliphatic carbocycles. The Labute approximate surface area is 258 Å². The first-order valence-corrected chi connectivity index (χ1v) is 15.1. The normalized spacial score (nSPS) is 23.1. The SMILES string of the molecule is Cn1cnc(COc2ccc(Cl)c3c2C(N2Cc4ccccc4C2=O)N(C(=O)[C@@H]2CCCC[C@]2(C=O)CO)CC3)c1C(F)F. The fraction of sp³-hybridized carbons (Fsp3) is 0.438. The number of hydrogen-bond donors (Lipinski definition) is 1. The molecule has 2 aromatic carbocycles. The van der Waals surface area contributed by atoms with Gasteiger partial charge in [0, 0.05) is 36.3 Å². The molecule has 9 nitrogen and oxygen atoms in total. The maximum Gasteiger partial charge on any atom is 0.280 e. The zero-order chi connectivity index (χ0) is 31.2. The van der Waals surface area contributed by atoms with E-state index in [1.54, 1.807) is 34.1 Å². The van der Waals surface area contributed by atoms with Crippen LogP contribution in [0, 0.1) is 11.3 Å². The van der Waals surface area contributed by atoms with Crippen molar-refractivity contribution >= 4 is 29.7 Å². The Morgan fingerprint density at radius 2 is 2.05 bits per heavy atom. The van der Waals surface area contributed by atoms with Gasteiger partial charge in [-0.3, -0.25) is 9.59 Å². The first-order chi connectivity index (χ1) is 21.2. The van der Waals surface area contributed by atoms with Crippen molar-refractivity contribution in [1.82, 2.24) is 19.4 Å². The van der Waals surface area contributed by atoms with Crippen molar-refractivity contribution in [2.24, 2.45) is 18.4 Å². The number of benzene rings is 2. The molecule has 6 rings (SSSR count). The molecular weight excluding hydrogens is 594 g/mol. The minimum Gasteiger partial charge on any atom is -0.487 e. The molecule has 44 heavy (non-hydrogen) atoms. The van der Waals surface area contributed by atoms with Crippen LogP contribution in [0.2, 0.25) is 5.02 Å². The lowest BCUT2D eigenvalue weighted by Gasteiger charge is -2.47. The number of aliphatic hydroxyl groups excluding tert-OH is 1. The predicted octanol–water partition coefficient (Wildman–Crippen LogP) is 5.00. The zero-order valence-corrected chi connectivity index (χ0v) is 25.0. The van der Waals surface area contributed by atoms with Gasteiger partial charge >= 0.3 is 0 Å². The molecule has 1 unspecified atom stereocenters. The van der Waals surface area contributed by atoms with Crippen molar-refractivity contribution in [3.8, 4) is 5.75 Å². The molecule has 3 heterocycles. The molecule has 3 atom stereocenters. The van der Waals surface area contributed by atoms with Crippen molar-refractivity contribution in [3.63, 3.8) is 0 Å².